The van der Waals surface area contributed by atoms with Gasteiger partial charge in [0, 0.05) is 31.9 Å². The molecule has 0 radical (unpaired) electrons. The van der Waals surface area contributed by atoms with Gasteiger partial charge in [-0.15, -0.1) is 11.3 Å². The molecule has 4 heterocycles. The van der Waals surface area contributed by atoms with Crippen molar-refractivity contribution in [2.24, 2.45) is 0 Å². The zero-order chi connectivity index (χ0) is 21.5. The first-order chi connectivity index (χ1) is 15.1. The molecular formula is C23H25N5O2S. The molecule has 0 spiro atoms. The number of aryl methyl sites for hydroxylation is 1. The maximum Gasteiger partial charge on any atom is 0.291 e. The highest BCUT2D eigenvalue weighted by molar-refractivity contribution is 7.17. The monoisotopic (exact) mass is 435 g/mol. The van der Waals surface area contributed by atoms with Crippen LogP contribution in [0.4, 0.5) is 5.69 Å². The number of nitrogens with zero attached hydrogens (tertiary/aromatic N) is 5. The van der Waals surface area contributed by atoms with Crippen LogP contribution in [-0.2, 0) is 4.79 Å². The van der Waals surface area contributed by atoms with E-state index in [0.29, 0.717) is 30.9 Å². The molecule has 1 atom stereocenters. The number of anilines is 1. The number of hydrogen-bond acceptors (Lipinski definition) is 5. The fourth-order valence-electron chi connectivity index (χ4n) is 4.49. The molecule has 1 aliphatic rings. The van der Waals surface area contributed by atoms with Crippen LogP contribution >= 0.6 is 11.3 Å². The minimum Gasteiger partial charge on any atom is -0.368 e. The van der Waals surface area contributed by atoms with Crippen LogP contribution in [0.2, 0.25) is 0 Å². The van der Waals surface area contributed by atoms with Crippen molar-refractivity contribution in [1.29, 1.82) is 0 Å². The number of amides is 1. The summed E-state index contributed by atoms with van der Waals surface area (Å²) in [6, 6.07) is 13.6. The molecule has 160 valence electrons. The van der Waals surface area contributed by atoms with Crippen LogP contribution in [-0.4, -0.2) is 51.2 Å². The molecule has 5 rings (SSSR count). The lowest BCUT2D eigenvalue weighted by Gasteiger charge is -2.37. The van der Waals surface area contributed by atoms with Crippen molar-refractivity contribution >= 4 is 38.7 Å². The highest BCUT2D eigenvalue weighted by Crippen LogP contribution is 2.25. The predicted octanol–water partition coefficient (Wildman–Crippen LogP) is 3.32. The molecule has 1 aromatic carbocycles. The van der Waals surface area contributed by atoms with Crippen LogP contribution in [0.25, 0.3) is 15.7 Å². The highest BCUT2D eigenvalue weighted by Gasteiger charge is 2.30. The van der Waals surface area contributed by atoms with E-state index in [1.54, 1.807) is 11.3 Å². The van der Waals surface area contributed by atoms with Gasteiger partial charge in [0.15, 0.2) is 0 Å². The Balaban J connectivity index is 1.42. The van der Waals surface area contributed by atoms with Gasteiger partial charge in [0.2, 0.25) is 5.91 Å². The van der Waals surface area contributed by atoms with Crippen LogP contribution in [0.5, 0.6) is 0 Å². The van der Waals surface area contributed by atoms with E-state index in [0.717, 1.165) is 23.3 Å². The summed E-state index contributed by atoms with van der Waals surface area (Å²) in [5.74, 6) is 0.685. The molecule has 1 amide bonds. The van der Waals surface area contributed by atoms with Crippen LogP contribution < -0.4 is 10.5 Å². The predicted molar refractivity (Wildman–Crippen MR) is 124 cm³/mol. The van der Waals surface area contributed by atoms with Gasteiger partial charge in [-0.2, -0.15) is 5.10 Å². The van der Waals surface area contributed by atoms with Crippen molar-refractivity contribution in [1.82, 2.24) is 19.1 Å². The fraction of sp³-hybridized carbons (Fsp3) is 0.348. The summed E-state index contributed by atoms with van der Waals surface area (Å²) in [6.07, 6.45) is 0.523. The number of benzene rings is 1. The first-order valence-electron chi connectivity index (χ1n) is 10.7. The van der Waals surface area contributed by atoms with Gasteiger partial charge in [-0.3, -0.25) is 14.0 Å². The van der Waals surface area contributed by atoms with Gasteiger partial charge in [0.25, 0.3) is 5.56 Å². The van der Waals surface area contributed by atoms with E-state index in [1.807, 2.05) is 58.9 Å². The summed E-state index contributed by atoms with van der Waals surface area (Å²) in [4.78, 5) is 30.8. The molecule has 4 aromatic rings. The third kappa shape index (κ3) is 3.31. The fourth-order valence-corrected chi connectivity index (χ4v) is 5.30. The number of fused-ring (bicyclic) bond motifs is 3. The molecule has 31 heavy (non-hydrogen) atoms. The van der Waals surface area contributed by atoms with Gasteiger partial charge in [-0.1, -0.05) is 25.1 Å². The largest absolute Gasteiger partial charge is 0.368 e. The molecule has 0 unspecified atom stereocenters. The van der Waals surface area contributed by atoms with E-state index in [2.05, 4.69) is 22.1 Å². The topological polar surface area (TPSA) is 62.9 Å². The van der Waals surface area contributed by atoms with E-state index in [4.69, 9.17) is 0 Å². The zero-order valence-electron chi connectivity index (χ0n) is 17.7. The minimum absolute atomic E-state index is 0.0260. The average Bonchev–Trinajstić information content (AvgIpc) is 3.40. The Morgan fingerprint density at radius 3 is 2.55 bits per heavy atom. The van der Waals surface area contributed by atoms with Gasteiger partial charge in [-0.25, -0.2) is 4.68 Å². The van der Waals surface area contributed by atoms with Crippen molar-refractivity contribution in [3.8, 4) is 0 Å². The van der Waals surface area contributed by atoms with Crippen molar-refractivity contribution in [2.75, 3.05) is 31.1 Å². The summed E-state index contributed by atoms with van der Waals surface area (Å²) in [6.45, 7) is 6.66. The third-order valence-corrected chi connectivity index (χ3v) is 6.96. The second kappa shape index (κ2) is 7.85. The molecule has 0 saturated carbocycles. The minimum atomic E-state index is -0.590. The molecule has 1 saturated heterocycles. The average molecular weight is 436 g/mol. The van der Waals surface area contributed by atoms with Gasteiger partial charge < -0.3 is 9.80 Å². The molecular weight excluding hydrogens is 410 g/mol. The van der Waals surface area contributed by atoms with Gasteiger partial charge in [0.1, 0.15) is 17.4 Å². The van der Waals surface area contributed by atoms with Gasteiger partial charge in [0.05, 0.1) is 10.2 Å². The Morgan fingerprint density at radius 1 is 1.10 bits per heavy atom. The summed E-state index contributed by atoms with van der Waals surface area (Å²) in [5, 5.41) is 6.58. The second-order valence-corrected chi connectivity index (χ2v) is 8.85. The van der Waals surface area contributed by atoms with Crippen LogP contribution in [0.15, 0.2) is 52.6 Å². The number of aromatic nitrogens is 3. The zero-order valence-corrected chi connectivity index (χ0v) is 18.5. The third-order valence-electron chi connectivity index (χ3n) is 6.11. The molecule has 0 bridgehead atoms. The molecule has 3 aromatic heterocycles. The number of hydrogen-bond donors (Lipinski definition) is 0. The number of para-hydroxylation sites is 1. The summed E-state index contributed by atoms with van der Waals surface area (Å²) < 4.78 is 4.34. The summed E-state index contributed by atoms with van der Waals surface area (Å²) in [5.41, 5.74) is 2.53. The van der Waals surface area contributed by atoms with Gasteiger partial charge >= 0.3 is 0 Å². The molecule has 8 heteroatoms. The lowest BCUT2D eigenvalue weighted by atomic mass is 10.1. The first-order valence-corrected chi connectivity index (χ1v) is 11.5. The summed E-state index contributed by atoms with van der Waals surface area (Å²) in [7, 11) is 0. The molecule has 7 nitrogen and oxygen atoms in total. The quantitative estimate of drug-likeness (QED) is 0.493. The van der Waals surface area contributed by atoms with Crippen LogP contribution in [0.1, 0.15) is 25.2 Å². The SMILES string of the molecule is CC[C@@H](C(=O)N1CCN(c2ccccc2)CC1)n1nc(C)n2c(cc3sccc32)c1=O. The van der Waals surface area contributed by atoms with Crippen molar-refractivity contribution in [2.45, 2.75) is 26.3 Å². The van der Waals surface area contributed by atoms with Gasteiger partial charge in [-0.05, 0) is 43.0 Å². The normalized spacial score (nSPS) is 15.7. The van der Waals surface area contributed by atoms with Crippen molar-refractivity contribution in [3.05, 3.63) is 64.0 Å². The Hall–Kier alpha value is -3.13. The first kappa shape index (κ1) is 19.8. The maximum absolute atomic E-state index is 13.4. The summed E-state index contributed by atoms with van der Waals surface area (Å²) >= 11 is 1.60. The van der Waals surface area contributed by atoms with E-state index < -0.39 is 6.04 Å². The number of piperazine rings is 1. The Bertz CT molecular complexity index is 1300. The number of carbonyl (C=O) groups excluding carboxylic acids is 1. The van der Waals surface area contributed by atoms with E-state index in [1.165, 1.54) is 10.4 Å². The Morgan fingerprint density at radius 2 is 1.84 bits per heavy atom. The Labute approximate surface area is 184 Å². The number of carbonyl (C=O) groups is 1. The Kier molecular flexibility index (Phi) is 5.02. The van der Waals surface area contributed by atoms with Crippen LogP contribution in [0, 0.1) is 6.92 Å². The number of rotatable bonds is 4. The lowest BCUT2D eigenvalue weighted by Crippen LogP contribution is -2.51. The van der Waals surface area contributed by atoms with E-state index >= 15 is 0 Å². The van der Waals surface area contributed by atoms with E-state index in [-0.39, 0.29) is 11.5 Å². The van der Waals surface area contributed by atoms with E-state index in [9.17, 15) is 9.59 Å². The molecule has 1 aliphatic heterocycles. The molecule has 0 aliphatic carbocycles. The number of thiophene rings is 1. The smallest absolute Gasteiger partial charge is 0.291 e. The lowest BCUT2D eigenvalue weighted by molar-refractivity contribution is -0.135. The second-order valence-electron chi connectivity index (χ2n) is 7.90. The molecule has 0 N–H and O–H groups in total. The highest BCUT2D eigenvalue weighted by atomic mass is 32.1. The standard InChI is InChI=1S/C23H25N5O2S/c1-3-18(22(29)26-12-10-25(11-13-26)17-7-5-4-6-8-17)28-23(30)20-15-21-19(9-14-31-21)27(20)16(2)24-28/h4-9,14-15,18H,3,10-13H2,1-2H3/t18-/m0/s1. The van der Waals surface area contributed by atoms with Crippen LogP contribution in [0.3, 0.4) is 0 Å². The molecule has 1 fully saturated rings. The maximum atomic E-state index is 13.4. The van der Waals surface area contributed by atoms with Crippen molar-refractivity contribution in [3.63, 3.8) is 0 Å². The van der Waals surface area contributed by atoms with Crippen molar-refractivity contribution < 1.29 is 4.79 Å².